The number of nitrogens with zero attached hydrogens (tertiary/aromatic N) is 3. The number of aromatic nitrogens is 2. The molecule has 0 atom stereocenters. The predicted molar refractivity (Wildman–Crippen MR) is 82.8 cm³/mol. The molecule has 21 heavy (non-hydrogen) atoms. The quantitative estimate of drug-likeness (QED) is 0.659. The Morgan fingerprint density at radius 3 is 2.86 bits per heavy atom. The standard InChI is InChI=1S/C17H15N3O/c1-11-7-8-20-15(9-11)18-16(17(20)19-21)14-6-5-12-3-2-4-13(12)10-14/h5-10H,2-4H2,1H3. The van der Waals surface area contributed by atoms with Gasteiger partial charge in [-0.2, -0.15) is 0 Å². The van der Waals surface area contributed by atoms with E-state index in [9.17, 15) is 4.91 Å². The molecule has 0 fully saturated rings. The summed E-state index contributed by atoms with van der Waals surface area (Å²) in [6.45, 7) is 2.01. The molecule has 0 unspecified atom stereocenters. The Hall–Kier alpha value is -2.49. The van der Waals surface area contributed by atoms with Gasteiger partial charge in [-0.3, -0.25) is 4.40 Å². The summed E-state index contributed by atoms with van der Waals surface area (Å²) in [5.41, 5.74) is 6.32. The third-order valence-corrected chi connectivity index (χ3v) is 4.21. The number of pyridine rings is 1. The van der Waals surface area contributed by atoms with Crippen LogP contribution in [0.5, 0.6) is 0 Å². The van der Waals surface area contributed by atoms with E-state index in [1.165, 1.54) is 17.5 Å². The zero-order chi connectivity index (χ0) is 14.4. The first-order chi connectivity index (χ1) is 10.3. The summed E-state index contributed by atoms with van der Waals surface area (Å²) in [7, 11) is 0. The average molecular weight is 277 g/mol. The van der Waals surface area contributed by atoms with Gasteiger partial charge in [-0.05, 0) is 66.3 Å². The molecule has 0 saturated heterocycles. The molecule has 1 aromatic carbocycles. The minimum absolute atomic E-state index is 0.378. The van der Waals surface area contributed by atoms with Crippen LogP contribution in [0.15, 0.2) is 41.7 Å². The van der Waals surface area contributed by atoms with Gasteiger partial charge in [0.1, 0.15) is 11.3 Å². The molecule has 1 aliphatic rings. The fourth-order valence-electron chi connectivity index (χ4n) is 3.13. The molecule has 2 heterocycles. The molecular weight excluding hydrogens is 262 g/mol. The second-order valence-electron chi connectivity index (χ2n) is 5.64. The van der Waals surface area contributed by atoms with Gasteiger partial charge >= 0.3 is 0 Å². The maximum Gasteiger partial charge on any atom is 0.209 e. The van der Waals surface area contributed by atoms with Gasteiger partial charge in [0.25, 0.3) is 0 Å². The van der Waals surface area contributed by atoms with E-state index in [0.717, 1.165) is 29.6 Å². The van der Waals surface area contributed by atoms with Crippen molar-refractivity contribution in [1.29, 1.82) is 0 Å². The molecule has 4 heteroatoms. The SMILES string of the molecule is Cc1ccn2c(N=O)c(-c3ccc4c(c3)CCC4)nc2c1. The lowest BCUT2D eigenvalue weighted by molar-refractivity contribution is 0.912. The highest BCUT2D eigenvalue weighted by Gasteiger charge is 2.17. The van der Waals surface area contributed by atoms with E-state index in [1.54, 1.807) is 4.40 Å². The molecule has 4 rings (SSSR count). The molecular formula is C17H15N3O. The van der Waals surface area contributed by atoms with Crippen LogP contribution in [0.2, 0.25) is 0 Å². The van der Waals surface area contributed by atoms with Gasteiger partial charge in [-0.15, -0.1) is 4.91 Å². The largest absolute Gasteiger partial charge is 0.281 e. The van der Waals surface area contributed by atoms with Crippen LogP contribution in [-0.2, 0) is 12.8 Å². The van der Waals surface area contributed by atoms with Crippen LogP contribution in [-0.4, -0.2) is 9.38 Å². The van der Waals surface area contributed by atoms with Gasteiger partial charge < -0.3 is 0 Å². The van der Waals surface area contributed by atoms with E-state index < -0.39 is 0 Å². The third-order valence-electron chi connectivity index (χ3n) is 4.21. The minimum atomic E-state index is 0.378. The second-order valence-corrected chi connectivity index (χ2v) is 5.64. The van der Waals surface area contributed by atoms with Gasteiger partial charge in [0, 0.05) is 11.8 Å². The summed E-state index contributed by atoms with van der Waals surface area (Å²) in [5.74, 6) is 0.378. The molecule has 4 nitrogen and oxygen atoms in total. The van der Waals surface area contributed by atoms with E-state index >= 15 is 0 Å². The minimum Gasteiger partial charge on any atom is -0.281 e. The van der Waals surface area contributed by atoms with Crippen molar-refractivity contribution < 1.29 is 0 Å². The Bertz CT molecular complexity index is 864. The van der Waals surface area contributed by atoms with E-state index in [0.29, 0.717) is 11.5 Å². The summed E-state index contributed by atoms with van der Waals surface area (Å²) in [4.78, 5) is 15.9. The van der Waals surface area contributed by atoms with Gasteiger partial charge in [0.2, 0.25) is 5.82 Å². The fourth-order valence-corrected chi connectivity index (χ4v) is 3.13. The van der Waals surface area contributed by atoms with E-state index in [1.807, 2.05) is 31.3 Å². The van der Waals surface area contributed by atoms with Gasteiger partial charge in [-0.1, -0.05) is 12.1 Å². The number of hydrogen-bond acceptors (Lipinski definition) is 3. The Morgan fingerprint density at radius 2 is 2.00 bits per heavy atom. The number of aryl methyl sites for hydroxylation is 3. The van der Waals surface area contributed by atoms with Crippen molar-refractivity contribution in [3.8, 4) is 11.3 Å². The highest BCUT2D eigenvalue weighted by atomic mass is 16.3. The monoisotopic (exact) mass is 277 g/mol. The second kappa shape index (κ2) is 4.52. The molecule has 2 aromatic heterocycles. The molecule has 0 amide bonds. The molecule has 0 saturated carbocycles. The van der Waals surface area contributed by atoms with Crippen LogP contribution in [0.25, 0.3) is 16.9 Å². The van der Waals surface area contributed by atoms with Crippen LogP contribution in [0.4, 0.5) is 5.82 Å². The highest BCUT2D eigenvalue weighted by molar-refractivity contribution is 5.75. The number of rotatable bonds is 2. The van der Waals surface area contributed by atoms with Crippen molar-refractivity contribution in [2.45, 2.75) is 26.2 Å². The summed E-state index contributed by atoms with van der Waals surface area (Å²) in [6, 6.07) is 10.3. The first kappa shape index (κ1) is 12.3. The summed E-state index contributed by atoms with van der Waals surface area (Å²) < 4.78 is 1.75. The van der Waals surface area contributed by atoms with Gasteiger partial charge in [0.05, 0.1) is 0 Å². The van der Waals surface area contributed by atoms with Crippen molar-refractivity contribution in [3.05, 3.63) is 58.1 Å². The average Bonchev–Trinajstić information content (AvgIpc) is 3.09. The third kappa shape index (κ3) is 1.87. The predicted octanol–water partition coefficient (Wildman–Crippen LogP) is 4.20. The first-order valence-electron chi connectivity index (χ1n) is 7.20. The van der Waals surface area contributed by atoms with Crippen LogP contribution >= 0.6 is 0 Å². The smallest absolute Gasteiger partial charge is 0.209 e. The molecule has 0 aliphatic heterocycles. The van der Waals surface area contributed by atoms with Crippen molar-refractivity contribution in [1.82, 2.24) is 9.38 Å². The van der Waals surface area contributed by atoms with E-state index in [4.69, 9.17) is 0 Å². The maximum atomic E-state index is 11.3. The van der Waals surface area contributed by atoms with E-state index in [-0.39, 0.29) is 0 Å². The van der Waals surface area contributed by atoms with Crippen molar-refractivity contribution in [2.75, 3.05) is 0 Å². The lowest BCUT2D eigenvalue weighted by atomic mass is 10.0. The zero-order valence-corrected chi connectivity index (χ0v) is 11.8. The summed E-state index contributed by atoms with van der Waals surface area (Å²) in [6.07, 6.45) is 5.32. The van der Waals surface area contributed by atoms with Crippen molar-refractivity contribution in [2.24, 2.45) is 5.18 Å². The number of fused-ring (bicyclic) bond motifs is 2. The molecule has 0 spiro atoms. The van der Waals surface area contributed by atoms with Crippen LogP contribution < -0.4 is 0 Å². The van der Waals surface area contributed by atoms with E-state index in [2.05, 4.69) is 22.3 Å². The number of imidazole rings is 1. The number of nitroso groups, excluding NO2 is 1. The molecule has 0 bridgehead atoms. The van der Waals surface area contributed by atoms with Crippen LogP contribution in [0.1, 0.15) is 23.1 Å². The Labute approximate surface area is 122 Å². The molecule has 0 N–H and O–H groups in total. The first-order valence-corrected chi connectivity index (χ1v) is 7.20. The fraction of sp³-hybridized carbons (Fsp3) is 0.235. The molecule has 1 aliphatic carbocycles. The zero-order valence-electron chi connectivity index (χ0n) is 11.8. The van der Waals surface area contributed by atoms with Crippen LogP contribution in [0.3, 0.4) is 0 Å². The lowest BCUT2D eigenvalue weighted by Crippen LogP contribution is -1.85. The lowest BCUT2D eigenvalue weighted by Gasteiger charge is -2.02. The normalized spacial score (nSPS) is 13.6. The molecule has 104 valence electrons. The van der Waals surface area contributed by atoms with Crippen molar-refractivity contribution >= 4 is 11.5 Å². The Morgan fingerprint density at radius 1 is 1.14 bits per heavy atom. The molecule has 3 aromatic rings. The Kier molecular flexibility index (Phi) is 2.64. The maximum absolute atomic E-state index is 11.3. The van der Waals surface area contributed by atoms with Gasteiger partial charge in [-0.25, -0.2) is 4.98 Å². The topological polar surface area (TPSA) is 46.7 Å². The highest BCUT2D eigenvalue weighted by Crippen LogP contribution is 2.34. The summed E-state index contributed by atoms with van der Waals surface area (Å²) in [5, 5.41) is 3.21. The Balaban J connectivity index is 1.95. The number of hydrogen-bond donors (Lipinski definition) is 0. The number of benzene rings is 1. The summed E-state index contributed by atoms with van der Waals surface area (Å²) >= 11 is 0. The molecule has 0 radical (unpaired) electrons. The van der Waals surface area contributed by atoms with Crippen molar-refractivity contribution in [3.63, 3.8) is 0 Å². The van der Waals surface area contributed by atoms with Crippen LogP contribution in [0, 0.1) is 11.8 Å². The van der Waals surface area contributed by atoms with Gasteiger partial charge in [0.15, 0.2) is 0 Å².